The standard InChI is InChI=1S/C11H11NO2S/c1-3-14-11(13)9-4-5-10(12-7-15)8(2)6-9/h4-6H,3H2,1-2H3. The Morgan fingerprint density at radius 2 is 2.33 bits per heavy atom. The third-order valence-electron chi connectivity index (χ3n) is 1.87. The molecule has 0 saturated carbocycles. The number of aryl methyl sites for hydroxylation is 1. The molecule has 0 aliphatic carbocycles. The van der Waals surface area contributed by atoms with Crippen molar-refractivity contribution in [2.24, 2.45) is 4.99 Å². The van der Waals surface area contributed by atoms with Crippen LogP contribution in [0.15, 0.2) is 23.2 Å². The van der Waals surface area contributed by atoms with Crippen molar-refractivity contribution in [3.05, 3.63) is 29.3 Å². The third-order valence-corrected chi connectivity index (χ3v) is 1.97. The average Bonchev–Trinajstić information content (AvgIpc) is 2.21. The second-order valence-corrected chi connectivity index (χ2v) is 3.11. The molecule has 3 nitrogen and oxygen atoms in total. The van der Waals surface area contributed by atoms with Crippen LogP contribution in [-0.4, -0.2) is 17.7 Å². The summed E-state index contributed by atoms with van der Waals surface area (Å²) in [4.78, 5) is 15.2. The van der Waals surface area contributed by atoms with Crippen molar-refractivity contribution >= 4 is 29.0 Å². The molecule has 0 amide bonds. The van der Waals surface area contributed by atoms with Crippen LogP contribution >= 0.6 is 12.2 Å². The molecule has 0 N–H and O–H groups in total. The van der Waals surface area contributed by atoms with Gasteiger partial charge in [-0.15, -0.1) is 0 Å². The predicted molar refractivity (Wildman–Crippen MR) is 61.8 cm³/mol. The van der Waals surface area contributed by atoms with Gasteiger partial charge in [-0.3, -0.25) is 0 Å². The zero-order chi connectivity index (χ0) is 11.3. The summed E-state index contributed by atoms with van der Waals surface area (Å²) in [6, 6.07) is 5.11. The van der Waals surface area contributed by atoms with Crippen LogP contribution in [0.3, 0.4) is 0 Å². The Labute approximate surface area is 93.8 Å². The number of rotatable bonds is 3. The van der Waals surface area contributed by atoms with E-state index in [-0.39, 0.29) is 5.97 Å². The van der Waals surface area contributed by atoms with Crippen molar-refractivity contribution in [1.29, 1.82) is 0 Å². The van der Waals surface area contributed by atoms with Gasteiger partial charge in [0.25, 0.3) is 0 Å². The lowest BCUT2D eigenvalue weighted by atomic mass is 10.1. The minimum atomic E-state index is -0.321. The fourth-order valence-corrected chi connectivity index (χ4v) is 1.27. The van der Waals surface area contributed by atoms with E-state index in [0.29, 0.717) is 12.2 Å². The quantitative estimate of drug-likeness (QED) is 0.447. The van der Waals surface area contributed by atoms with E-state index in [1.54, 1.807) is 25.1 Å². The Bertz CT molecular complexity index is 423. The Morgan fingerprint density at radius 3 is 2.87 bits per heavy atom. The maximum absolute atomic E-state index is 11.4. The number of hydrogen-bond acceptors (Lipinski definition) is 4. The first-order valence-electron chi connectivity index (χ1n) is 4.54. The summed E-state index contributed by atoms with van der Waals surface area (Å²) in [5, 5.41) is 2.29. The number of isothiocyanates is 1. The molecular formula is C11H11NO2S. The first kappa shape index (κ1) is 11.6. The van der Waals surface area contributed by atoms with Gasteiger partial charge in [-0.05, 0) is 49.8 Å². The lowest BCUT2D eigenvalue weighted by Gasteiger charge is -2.03. The minimum absolute atomic E-state index is 0.321. The van der Waals surface area contributed by atoms with Gasteiger partial charge in [0, 0.05) is 0 Å². The zero-order valence-electron chi connectivity index (χ0n) is 8.61. The number of nitrogens with zero attached hydrogens (tertiary/aromatic N) is 1. The number of carbonyl (C=O) groups is 1. The van der Waals surface area contributed by atoms with Gasteiger partial charge in [0.15, 0.2) is 0 Å². The summed E-state index contributed by atoms with van der Waals surface area (Å²) in [7, 11) is 0. The molecule has 4 heteroatoms. The van der Waals surface area contributed by atoms with E-state index in [0.717, 1.165) is 11.3 Å². The van der Waals surface area contributed by atoms with Crippen LogP contribution in [0.2, 0.25) is 0 Å². The Hall–Kier alpha value is -1.51. The summed E-state index contributed by atoms with van der Waals surface area (Å²) in [6.45, 7) is 4.00. The molecule has 0 aliphatic rings. The molecule has 0 fully saturated rings. The maximum Gasteiger partial charge on any atom is 0.338 e. The van der Waals surface area contributed by atoms with Crippen LogP contribution in [0.1, 0.15) is 22.8 Å². The first-order chi connectivity index (χ1) is 7.19. The summed E-state index contributed by atoms with van der Waals surface area (Å²) in [5.74, 6) is -0.321. The summed E-state index contributed by atoms with van der Waals surface area (Å²) in [6.07, 6.45) is 0. The van der Waals surface area contributed by atoms with E-state index in [1.165, 1.54) is 0 Å². The fraction of sp³-hybridized carbons (Fsp3) is 0.273. The van der Waals surface area contributed by atoms with Gasteiger partial charge in [0.2, 0.25) is 0 Å². The van der Waals surface area contributed by atoms with Crippen molar-refractivity contribution in [3.63, 3.8) is 0 Å². The van der Waals surface area contributed by atoms with Gasteiger partial charge in [0.05, 0.1) is 23.0 Å². The van der Waals surface area contributed by atoms with Gasteiger partial charge >= 0.3 is 5.97 Å². The molecular weight excluding hydrogens is 210 g/mol. The molecule has 0 heterocycles. The molecule has 0 bridgehead atoms. The first-order valence-corrected chi connectivity index (χ1v) is 4.95. The van der Waals surface area contributed by atoms with Crippen LogP contribution in [-0.2, 0) is 4.74 Å². The molecule has 1 aromatic carbocycles. The molecule has 1 rings (SSSR count). The summed E-state index contributed by atoms with van der Waals surface area (Å²) >= 11 is 4.51. The monoisotopic (exact) mass is 221 g/mol. The maximum atomic E-state index is 11.4. The molecule has 0 aliphatic heterocycles. The SMILES string of the molecule is CCOC(=O)c1ccc(N=C=S)c(C)c1. The van der Waals surface area contributed by atoms with Crippen molar-refractivity contribution in [2.75, 3.05) is 6.61 Å². The highest BCUT2D eigenvalue weighted by molar-refractivity contribution is 7.78. The van der Waals surface area contributed by atoms with E-state index >= 15 is 0 Å². The number of ether oxygens (including phenoxy) is 1. The molecule has 0 atom stereocenters. The van der Waals surface area contributed by atoms with E-state index < -0.39 is 0 Å². The molecule has 0 saturated heterocycles. The highest BCUT2D eigenvalue weighted by atomic mass is 32.1. The van der Waals surface area contributed by atoms with E-state index in [1.807, 2.05) is 6.92 Å². The zero-order valence-corrected chi connectivity index (χ0v) is 9.43. The topological polar surface area (TPSA) is 38.7 Å². The normalized spacial score (nSPS) is 9.20. The van der Waals surface area contributed by atoms with Crippen LogP contribution in [0, 0.1) is 6.92 Å². The van der Waals surface area contributed by atoms with Gasteiger partial charge in [0.1, 0.15) is 0 Å². The van der Waals surface area contributed by atoms with E-state index in [9.17, 15) is 4.79 Å². The number of aliphatic imine (C=N–C) groups is 1. The molecule has 0 radical (unpaired) electrons. The second-order valence-electron chi connectivity index (χ2n) is 2.92. The molecule has 15 heavy (non-hydrogen) atoms. The lowest BCUT2D eigenvalue weighted by molar-refractivity contribution is 0.0526. The molecule has 78 valence electrons. The Balaban J connectivity index is 3.00. The van der Waals surface area contributed by atoms with Crippen LogP contribution in [0.25, 0.3) is 0 Å². The fourth-order valence-electron chi connectivity index (χ4n) is 1.17. The van der Waals surface area contributed by atoms with Crippen LogP contribution in [0.4, 0.5) is 5.69 Å². The van der Waals surface area contributed by atoms with Crippen molar-refractivity contribution in [2.45, 2.75) is 13.8 Å². The highest BCUT2D eigenvalue weighted by Gasteiger charge is 2.07. The second kappa shape index (κ2) is 5.39. The average molecular weight is 221 g/mol. The highest BCUT2D eigenvalue weighted by Crippen LogP contribution is 2.19. The number of carbonyl (C=O) groups excluding carboxylic acids is 1. The number of hydrogen-bond donors (Lipinski definition) is 0. The van der Waals surface area contributed by atoms with E-state index in [4.69, 9.17) is 4.74 Å². The van der Waals surface area contributed by atoms with Gasteiger partial charge in [-0.25, -0.2) is 4.79 Å². The Morgan fingerprint density at radius 1 is 1.60 bits per heavy atom. The third kappa shape index (κ3) is 2.98. The van der Waals surface area contributed by atoms with E-state index in [2.05, 4.69) is 22.4 Å². The number of esters is 1. The molecule has 0 spiro atoms. The predicted octanol–water partition coefficient (Wildman–Crippen LogP) is 2.91. The van der Waals surface area contributed by atoms with Crippen molar-refractivity contribution in [1.82, 2.24) is 0 Å². The largest absolute Gasteiger partial charge is 0.462 e. The Kier molecular flexibility index (Phi) is 4.16. The van der Waals surface area contributed by atoms with Crippen LogP contribution in [0.5, 0.6) is 0 Å². The van der Waals surface area contributed by atoms with Gasteiger partial charge in [-0.2, -0.15) is 4.99 Å². The lowest BCUT2D eigenvalue weighted by Crippen LogP contribution is -2.04. The number of thiocarbonyl (C=S) groups is 1. The molecule has 0 aromatic heterocycles. The summed E-state index contributed by atoms with van der Waals surface area (Å²) < 4.78 is 4.88. The van der Waals surface area contributed by atoms with Crippen molar-refractivity contribution < 1.29 is 9.53 Å². The smallest absolute Gasteiger partial charge is 0.338 e. The number of benzene rings is 1. The summed E-state index contributed by atoms with van der Waals surface area (Å²) in [5.41, 5.74) is 2.12. The van der Waals surface area contributed by atoms with Crippen molar-refractivity contribution in [3.8, 4) is 0 Å². The van der Waals surface area contributed by atoms with Crippen LogP contribution < -0.4 is 0 Å². The van der Waals surface area contributed by atoms with Gasteiger partial charge < -0.3 is 4.74 Å². The van der Waals surface area contributed by atoms with Gasteiger partial charge in [-0.1, -0.05) is 0 Å². The minimum Gasteiger partial charge on any atom is -0.462 e. The molecule has 1 aromatic rings. The molecule has 0 unspecified atom stereocenters.